The zero-order valence-corrected chi connectivity index (χ0v) is 15.0. The van der Waals surface area contributed by atoms with E-state index in [0.29, 0.717) is 6.04 Å². The van der Waals surface area contributed by atoms with Crippen molar-refractivity contribution in [1.82, 2.24) is 9.80 Å². The molecule has 0 fully saturated rings. The lowest BCUT2D eigenvalue weighted by Gasteiger charge is -2.28. The first kappa shape index (κ1) is 18.5. The minimum Gasteiger partial charge on any atom is -0.302 e. The van der Waals surface area contributed by atoms with Gasteiger partial charge in [-0.2, -0.15) is 11.8 Å². The van der Waals surface area contributed by atoms with Gasteiger partial charge in [0.25, 0.3) is 0 Å². The quantitative estimate of drug-likeness (QED) is 0.571. The van der Waals surface area contributed by atoms with E-state index in [-0.39, 0.29) is 0 Å². The zero-order valence-electron chi connectivity index (χ0n) is 14.2. The molecule has 2 nitrogen and oxygen atoms in total. The Hall–Kier alpha value is -0.510. The molecule has 0 saturated heterocycles. The van der Waals surface area contributed by atoms with Crippen molar-refractivity contribution in [1.29, 1.82) is 0 Å². The molecular formula is C18H32N2S. The summed E-state index contributed by atoms with van der Waals surface area (Å²) in [6.07, 6.45) is 0. The van der Waals surface area contributed by atoms with Crippen LogP contribution in [0.3, 0.4) is 0 Å². The van der Waals surface area contributed by atoms with Crippen LogP contribution in [0.25, 0.3) is 0 Å². The Balaban J connectivity index is 2.19. The molecule has 0 atom stereocenters. The number of hydrogen-bond donors (Lipinski definition) is 0. The Morgan fingerprint density at radius 3 is 2.24 bits per heavy atom. The highest BCUT2D eigenvalue weighted by Gasteiger charge is 2.09. The molecule has 0 unspecified atom stereocenters. The third kappa shape index (κ3) is 7.89. The number of nitrogens with zero attached hydrogens (tertiary/aromatic N) is 2. The molecule has 3 heteroatoms. The van der Waals surface area contributed by atoms with Gasteiger partial charge < -0.3 is 4.90 Å². The first-order valence-electron chi connectivity index (χ1n) is 8.25. The summed E-state index contributed by atoms with van der Waals surface area (Å²) in [5, 5.41) is 0. The predicted molar refractivity (Wildman–Crippen MR) is 97.1 cm³/mol. The van der Waals surface area contributed by atoms with Crippen LogP contribution in [0.15, 0.2) is 30.3 Å². The Kier molecular flexibility index (Phi) is 9.81. The average molecular weight is 309 g/mol. The molecule has 0 saturated carbocycles. The van der Waals surface area contributed by atoms with Gasteiger partial charge in [-0.25, -0.2) is 0 Å². The van der Waals surface area contributed by atoms with Gasteiger partial charge in [0.05, 0.1) is 0 Å². The van der Waals surface area contributed by atoms with E-state index in [9.17, 15) is 0 Å². The first-order valence-corrected chi connectivity index (χ1v) is 9.40. The lowest BCUT2D eigenvalue weighted by molar-refractivity contribution is 0.190. The molecule has 0 amide bonds. The Morgan fingerprint density at radius 1 is 0.952 bits per heavy atom. The molecule has 1 rings (SSSR count). The number of likely N-dealkylation sites (N-methyl/N-ethyl adjacent to an activating group) is 2. The van der Waals surface area contributed by atoms with Crippen molar-refractivity contribution < 1.29 is 0 Å². The molecule has 0 spiro atoms. The Labute approximate surface area is 135 Å². The molecule has 0 heterocycles. The summed E-state index contributed by atoms with van der Waals surface area (Å²) in [6, 6.07) is 11.4. The molecule has 0 radical (unpaired) electrons. The van der Waals surface area contributed by atoms with Crippen LogP contribution in [-0.2, 0) is 5.75 Å². The first-order chi connectivity index (χ1) is 10.2. The van der Waals surface area contributed by atoms with Crippen molar-refractivity contribution in [2.75, 3.05) is 38.5 Å². The highest BCUT2D eigenvalue weighted by Crippen LogP contribution is 2.11. The fourth-order valence-electron chi connectivity index (χ4n) is 2.44. The van der Waals surface area contributed by atoms with E-state index < -0.39 is 0 Å². The number of thioether (sulfide) groups is 1. The van der Waals surface area contributed by atoms with Gasteiger partial charge >= 0.3 is 0 Å². The van der Waals surface area contributed by atoms with E-state index >= 15 is 0 Å². The van der Waals surface area contributed by atoms with Gasteiger partial charge in [0.1, 0.15) is 0 Å². The average Bonchev–Trinajstić information content (AvgIpc) is 2.50. The van der Waals surface area contributed by atoms with Crippen molar-refractivity contribution >= 4 is 11.8 Å². The van der Waals surface area contributed by atoms with Crippen LogP contribution in [0.1, 0.15) is 33.3 Å². The van der Waals surface area contributed by atoms with Gasteiger partial charge in [-0.1, -0.05) is 44.2 Å². The molecule has 1 aromatic rings. The smallest absolute Gasteiger partial charge is 0.0185 e. The minimum atomic E-state index is 0.654. The summed E-state index contributed by atoms with van der Waals surface area (Å²) >= 11 is 2.04. The maximum absolute atomic E-state index is 2.57. The summed E-state index contributed by atoms with van der Waals surface area (Å²) in [5.74, 6) is 2.35. The van der Waals surface area contributed by atoms with E-state index in [1.165, 1.54) is 31.0 Å². The maximum Gasteiger partial charge on any atom is 0.0185 e. The largest absolute Gasteiger partial charge is 0.302 e. The van der Waals surface area contributed by atoms with Crippen LogP contribution in [0.5, 0.6) is 0 Å². The molecule has 0 aliphatic heterocycles. The highest BCUT2D eigenvalue weighted by atomic mass is 32.2. The Morgan fingerprint density at radius 2 is 1.67 bits per heavy atom. The van der Waals surface area contributed by atoms with E-state index in [4.69, 9.17) is 0 Å². The van der Waals surface area contributed by atoms with E-state index in [2.05, 4.69) is 67.8 Å². The minimum absolute atomic E-state index is 0.654. The lowest BCUT2D eigenvalue weighted by atomic mass is 10.2. The summed E-state index contributed by atoms with van der Waals surface area (Å²) in [4.78, 5) is 5.11. The fourth-order valence-corrected chi connectivity index (χ4v) is 3.40. The highest BCUT2D eigenvalue weighted by molar-refractivity contribution is 7.98. The normalized spacial score (nSPS) is 11.8. The zero-order chi connectivity index (χ0) is 15.5. The summed E-state index contributed by atoms with van der Waals surface area (Å²) in [6.45, 7) is 15.0. The van der Waals surface area contributed by atoms with E-state index in [1.54, 1.807) is 0 Å². The van der Waals surface area contributed by atoms with Crippen molar-refractivity contribution in [2.24, 2.45) is 0 Å². The fraction of sp³-hybridized carbons (Fsp3) is 0.667. The Bertz CT molecular complexity index is 353. The van der Waals surface area contributed by atoms with Crippen LogP contribution in [0, 0.1) is 0 Å². The van der Waals surface area contributed by atoms with Crippen LogP contribution in [0.2, 0.25) is 0 Å². The summed E-state index contributed by atoms with van der Waals surface area (Å²) < 4.78 is 0. The van der Waals surface area contributed by atoms with Gasteiger partial charge in [0.15, 0.2) is 0 Å². The second-order valence-corrected chi connectivity index (χ2v) is 6.80. The van der Waals surface area contributed by atoms with Crippen LogP contribution >= 0.6 is 11.8 Å². The summed E-state index contributed by atoms with van der Waals surface area (Å²) in [5.41, 5.74) is 1.43. The predicted octanol–water partition coefficient (Wildman–Crippen LogP) is 3.97. The standard InChI is InChI=1S/C18H32N2S/c1-5-19(12-13-20(6-2)17(3)4)14-15-21-16-18-10-8-7-9-11-18/h7-11,17H,5-6,12-16H2,1-4H3. The third-order valence-corrected chi connectivity index (χ3v) is 4.96. The van der Waals surface area contributed by atoms with Crippen LogP contribution < -0.4 is 0 Å². The lowest BCUT2D eigenvalue weighted by Crippen LogP contribution is -2.39. The maximum atomic E-state index is 2.57. The molecule has 0 aromatic heterocycles. The SMILES string of the molecule is CCN(CCSCc1ccccc1)CCN(CC)C(C)C. The number of hydrogen-bond acceptors (Lipinski definition) is 3. The van der Waals surface area contributed by atoms with Gasteiger partial charge in [-0.3, -0.25) is 4.90 Å². The van der Waals surface area contributed by atoms with Crippen LogP contribution in [-0.4, -0.2) is 54.3 Å². The van der Waals surface area contributed by atoms with Crippen molar-refractivity contribution in [2.45, 2.75) is 39.5 Å². The molecule has 0 aliphatic rings. The molecule has 0 bridgehead atoms. The molecule has 0 N–H and O–H groups in total. The van der Waals surface area contributed by atoms with E-state index in [0.717, 1.165) is 18.8 Å². The number of benzene rings is 1. The molecule has 0 aliphatic carbocycles. The molecule has 1 aromatic carbocycles. The summed E-state index contributed by atoms with van der Waals surface area (Å²) in [7, 11) is 0. The van der Waals surface area contributed by atoms with Gasteiger partial charge in [-0.05, 0) is 32.5 Å². The second kappa shape index (κ2) is 11.1. The topological polar surface area (TPSA) is 6.48 Å². The second-order valence-electron chi connectivity index (χ2n) is 5.69. The molecule has 21 heavy (non-hydrogen) atoms. The monoisotopic (exact) mass is 308 g/mol. The molecular weight excluding hydrogens is 276 g/mol. The molecule has 120 valence electrons. The van der Waals surface area contributed by atoms with Crippen molar-refractivity contribution in [3.63, 3.8) is 0 Å². The van der Waals surface area contributed by atoms with E-state index in [1.807, 2.05) is 11.8 Å². The van der Waals surface area contributed by atoms with Gasteiger partial charge in [-0.15, -0.1) is 0 Å². The van der Waals surface area contributed by atoms with Gasteiger partial charge in [0, 0.05) is 37.2 Å². The van der Waals surface area contributed by atoms with Crippen LogP contribution in [0.4, 0.5) is 0 Å². The van der Waals surface area contributed by atoms with Gasteiger partial charge in [0.2, 0.25) is 0 Å². The third-order valence-electron chi connectivity index (χ3n) is 3.95. The number of rotatable bonds is 11. The van der Waals surface area contributed by atoms with Crippen molar-refractivity contribution in [3.8, 4) is 0 Å². The van der Waals surface area contributed by atoms with Crippen molar-refractivity contribution in [3.05, 3.63) is 35.9 Å².